The molecular formula is C10H13Cl2NO. The van der Waals surface area contributed by atoms with Crippen molar-refractivity contribution in [1.82, 2.24) is 0 Å². The predicted octanol–water partition coefficient (Wildman–Crippen LogP) is 2.97. The van der Waals surface area contributed by atoms with Crippen LogP contribution in [0.1, 0.15) is 6.92 Å². The van der Waals surface area contributed by atoms with Crippen LogP contribution in [0.4, 0.5) is 0 Å². The monoisotopic (exact) mass is 233 g/mol. The van der Waals surface area contributed by atoms with Gasteiger partial charge >= 0.3 is 0 Å². The third-order valence-electron chi connectivity index (χ3n) is 1.83. The molecule has 0 spiro atoms. The molecule has 1 rings (SSSR count). The molecule has 0 saturated heterocycles. The molecule has 0 amide bonds. The highest BCUT2D eigenvalue weighted by atomic mass is 35.5. The summed E-state index contributed by atoms with van der Waals surface area (Å²) in [5, 5.41) is 1.04. The topological polar surface area (TPSA) is 35.2 Å². The predicted molar refractivity (Wildman–Crippen MR) is 60.2 cm³/mol. The van der Waals surface area contributed by atoms with Gasteiger partial charge in [0.2, 0.25) is 0 Å². The normalized spacial score (nSPS) is 12.6. The van der Waals surface area contributed by atoms with Crippen LogP contribution >= 0.6 is 23.2 Å². The lowest BCUT2D eigenvalue weighted by Crippen LogP contribution is -2.18. The van der Waals surface area contributed by atoms with E-state index in [1.54, 1.807) is 18.2 Å². The lowest BCUT2D eigenvalue weighted by molar-refractivity contribution is 0.264. The van der Waals surface area contributed by atoms with E-state index in [0.29, 0.717) is 29.1 Å². The minimum absolute atomic E-state index is 0.337. The smallest absolute Gasteiger partial charge is 0.120 e. The standard InChI is InChI=1S/C10H13Cl2NO/c1-7(5-13)6-14-8-2-3-9(11)10(12)4-8/h2-4,7H,5-6,13H2,1H3. The average molecular weight is 234 g/mol. The zero-order valence-electron chi connectivity index (χ0n) is 7.97. The van der Waals surface area contributed by atoms with Crippen LogP contribution in [0.2, 0.25) is 10.0 Å². The van der Waals surface area contributed by atoms with E-state index in [9.17, 15) is 0 Å². The molecule has 0 fully saturated rings. The van der Waals surface area contributed by atoms with Gasteiger partial charge in [-0.1, -0.05) is 30.1 Å². The van der Waals surface area contributed by atoms with Crippen molar-refractivity contribution in [2.75, 3.05) is 13.2 Å². The van der Waals surface area contributed by atoms with E-state index in [-0.39, 0.29) is 0 Å². The highest BCUT2D eigenvalue weighted by molar-refractivity contribution is 6.42. The van der Waals surface area contributed by atoms with Gasteiger partial charge in [0.05, 0.1) is 16.7 Å². The summed E-state index contributed by atoms with van der Waals surface area (Å²) < 4.78 is 5.47. The molecule has 2 nitrogen and oxygen atoms in total. The minimum atomic E-state index is 0.337. The van der Waals surface area contributed by atoms with Gasteiger partial charge in [-0.25, -0.2) is 0 Å². The second-order valence-corrected chi connectivity index (χ2v) is 4.04. The fraction of sp³-hybridized carbons (Fsp3) is 0.400. The van der Waals surface area contributed by atoms with Crippen molar-refractivity contribution in [2.45, 2.75) is 6.92 Å². The lowest BCUT2D eigenvalue weighted by atomic mass is 10.2. The molecule has 0 aromatic heterocycles. The SMILES string of the molecule is CC(CN)COc1ccc(Cl)c(Cl)c1. The van der Waals surface area contributed by atoms with Crippen LogP contribution in [0, 0.1) is 5.92 Å². The first kappa shape index (κ1) is 11.6. The van der Waals surface area contributed by atoms with E-state index in [0.717, 1.165) is 5.75 Å². The number of hydrogen-bond acceptors (Lipinski definition) is 2. The number of benzene rings is 1. The molecule has 0 aliphatic rings. The van der Waals surface area contributed by atoms with Crippen molar-refractivity contribution in [3.8, 4) is 5.75 Å². The van der Waals surface area contributed by atoms with Crippen molar-refractivity contribution in [1.29, 1.82) is 0 Å². The fourth-order valence-electron chi connectivity index (χ4n) is 0.873. The summed E-state index contributed by atoms with van der Waals surface area (Å²) in [6.07, 6.45) is 0. The minimum Gasteiger partial charge on any atom is -0.493 e. The van der Waals surface area contributed by atoms with Gasteiger partial charge in [-0.2, -0.15) is 0 Å². The highest BCUT2D eigenvalue weighted by Crippen LogP contribution is 2.26. The summed E-state index contributed by atoms with van der Waals surface area (Å²) in [6, 6.07) is 5.21. The first-order chi connectivity index (χ1) is 6.63. The molecule has 0 bridgehead atoms. The first-order valence-electron chi connectivity index (χ1n) is 4.41. The van der Waals surface area contributed by atoms with Gasteiger partial charge in [-0.05, 0) is 18.7 Å². The summed E-state index contributed by atoms with van der Waals surface area (Å²) in [4.78, 5) is 0. The highest BCUT2D eigenvalue weighted by Gasteiger charge is 2.02. The average Bonchev–Trinajstić information content (AvgIpc) is 2.19. The first-order valence-corrected chi connectivity index (χ1v) is 5.17. The van der Waals surface area contributed by atoms with Gasteiger partial charge in [0.1, 0.15) is 5.75 Å². The Morgan fingerprint density at radius 2 is 2.07 bits per heavy atom. The van der Waals surface area contributed by atoms with Gasteiger partial charge in [-0.3, -0.25) is 0 Å². The van der Waals surface area contributed by atoms with Crippen molar-refractivity contribution >= 4 is 23.2 Å². The lowest BCUT2D eigenvalue weighted by Gasteiger charge is -2.11. The van der Waals surface area contributed by atoms with E-state index in [1.165, 1.54) is 0 Å². The molecule has 2 N–H and O–H groups in total. The Hall–Kier alpha value is -0.440. The van der Waals surface area contributed by atoms with Crippen LogP contribution in [-0.2, 0) is 0 Å². The largest absolute Gasteiger partial charge is 0.493 e. The number of rotatable bonds is 4. The molecule has 1 unspecified atom stereocenters. The van der Waals surface area contributed by atoms with Gasteiger partial charge in [0, 0.05) is 12.0 Å². The summed E-state index contributed by atoms with van der Waals surface area (Å²) >= 11 is 11.6. The number of halogens is 2. The van der Waals surface area contributed by atoms with Gasteiger partial charge < -0.3 is 10.5 Å². The molecular weight excluding hydrogens is 221 g/mol. The van der Waals surface area contributed by atoms with E-state index in [1.807, 2.05) is 6.92 Å². The van der Waals surface area contributed by atoms with Gasteiger partial charge in [0.15, 0.2) is 0 Å². The summed E-state index contributed by atoms with van der Waals surface area (Å²) in [5.74, 6) is 1.06. The summed E-state index contributed by atoms with van der Waals surface area (Å²) in [6.45, 7) is 3.23. The van der Waals surface area contributed by atoms with Crippen LogP contribution in [0.5, 0.6) is 5.75 Å². The Morgan fingerprint density at radius 3 is 2.64 bits per heavy atom. The number of nitrogens with two attached hydrogens (primary N) is 1. The Kier molecular flexibility index (Phi) is 4.52. The molecule has 1 aromatic carbocycles. The van der Waals surface area contributed by atoms with Crippen molar-refractivity contribution in [3.63, 3.8) is 0 Å². The molecule has 0 heterocycles. The van der Waals surface area contributed by atoms with E-state index in [4.69, 9.17) is 33.7 Å². The second-order valence-electron chi connectivity index (χ2n) is 3.23. The van der Waals surface area contributed by atoms with Crippen LogP contribution < -0.4 is 10.5 Å². The van der Waals surface area contributed by atoms with E-state index in [2.05, 4.69) is 0 Å². The van der Waals surface area contributed by atoms with Crippen LogP contribution in [0.15, 0.2) is 18.2 Å². The number of ether oxygens (including phenoxy) is 1. The van der Waals surface area contributed by atoms with Gasteiger partial charge in [-0.15, -0.1) is 0 Å². The summed E-state index contributed by atoms with van der Waals surface area (Å²) in [5.41, 5.74) is 5.46. The maximum Gasteiger partial charge on any atom is 0.120 e. The fourth-order valence-corrected chi connectivity index (χ4v) is 1.16. The maximum atomic E-state index is 5.83. The molecule has 4 heteroatoms. The Bertz CT molecular complexity index is 304. The van der Waals surface area contributed by atoms with Crippen LogP contribution in [0.3, 0.4) is 0 Å². The molecule has 0 radical (unpaired) electrons. The van der Waals surface area contributed by atoms with Crippen molar-refractivity contribution in [3.05, 3.63) is 28.2 Å². The van der Waals surface area contributed by atoms with Crippen molar-refractivity contribution < 1.29 is 4.74 Å². The van der Waals surface area contributed by atoms with E-state index < -0.39 is 0 Å². The van der Waals surface area contributed by atoms with Crippen LogP contribution in [0.25, 0.3) is 0 Å². The second kappa shape index (κ2) is 5.44. The van der Waals surface area contributed by atoms with Crippen molar-refractivity contribution in [2.24, 2.45) is 11.7 Å². The number of hydrogen-bond donors (Lipinski definition) is 1. The molecule has 1 aromatic rings. The molecule has 0 saturated carbocycles. The zero-order valence-corrected chi connectivity index (χ0v) is 9.48. The summed E-state index contributed by atoms with van der Waals surface area (Å²) in [7, 11) is 0. The molecule has 14 heavy (non-hydrogen) atoms. The third-order valence-corrected chi connectivity index (χ3v) is 2.57. The molecule has 0 aliphatic carbocycles. The third kappa shape index (κ3) is 3.37. The molecule has 78 valence electrons. The Morgan fingerprint density at radius 1 is 1.36 bits per heavy atom. The van der Waals surface area contributed by atoms with E-state index >= 15 is 0 Å². The Balaban J connectivity index is 2.55. The van der Waals surface area contributed by atoms with Gasteiger partial charge in [0.25, 0.3) is 0 Å². The molecule has 0 aliphatic heterocycles. The maximum absolute atomic E-state index is 5.83. The molecule has 1 atom stereocenters. The Labute approximate surface area is 94.0 Å². The van der Waals surface area contributed by atoms with Crippen LogP contribution in [-0.4, -0.2) is 13.2 Å². The zero-order chi connectivity index (χ0) is 10.6. The quantitative estimate of drug-likeness (QED) is 0.869.